The summed E-state index contributed by atoms with van der Waals surface area (Å²) in [6.07, 6.45) is 1.62. The fourth-order valence-electron chi connectivity index (χ4n) is 2.21. The van der Waals surface area contributed by atoms with E-state index in [4.69, 9.17) is 4.74 Å². The normalized spacial score (nSPS) is 11.8. The molecule has 0 aliphatic carbocycles. The van der Waals surface area contributed by atoms with Crippen LogP contribution in [0, 0.1) is 0 Å². The van der Waals surface area contributed by atoms with Crippen molar-refractivity contribution in [2.75, 3.05) is 19.9 Å². The number of carbonyl (C=O) groups excluding carboxylic acids is 1. The van der Waals surface area contributed by atoms with Gasteiger partial charge in [0.25, 0.3) is 5.91 Å². The fraction of sp³-hybridized carbons (Fsp3) is 0.278. The van der Waals surface area contributed by atoms with Crippen molar-refractivity contribution >= 4 is 16.7 Å². The second-order valence-electron chi connectivity index (χ2n) is 5.22. The molecule has 0 radical (unpaired) electrons. The molecule has 1 amide bonds. The van der Waals surface area contributed by atoms with Crippen molar-refractivity contribution in [3.05, 3.63) is 59.7 Å². The summed E-state index contributed by atoms with van der Waals surface area (Å²) in [6.45, 7) is 3.10. The largest absolute Gasteiger partial charge is 0.494 e. The Bertz CT molecular complexity index is 680. The Labute approximate surface area is 139 Å². The maximum absolute atomic E-state index is 12.4. The van der Waals surface area contributed by atoms with Crippen LogP contribution in [0.2, 0.25) is 0 Å². The lowest BCUT2D eigenvalue weighted by atomic mass is 10.1. The predicted octanol–water partition coefficient (Wildman–Crippen LogP) is 3.09. The van der Waals surface area contributed by atoms with Crippen molar-refractivity contribution < 1.29 is 13.7 Å². The van der Waals surface area contributed by atoms with Crippen LogP contribution in [-0.4, -0.2) is 34.9 Å². The molecule has 0 bridgehead atoms. The molecule has 1 atom stereocenters. The van der Waals surface area contributed by atoms with Crippen LogP contribution in [0.4, 0.5) is 0 Å². The minimum Gasteiger partial charge on any atom is -0.494 e. The molecule has 0 fully saturated rings. The van der Waals surface area contributed by atoms with Crippen LogP contribution in [-0.2, 0) is 17.3 Å². The first kappa shape index (κ1) is 17.2. The standard InChI is InChI=1S/C18H21NO3S/c1-4-22-16-9-5-14(6-10-16)13-19(2)18(20)15-7-11-17(12-8-15)23(3)21/h5-12H,4,13H2,1-3H3. The molecular weight excluding hydrogens is 310 g/mol. The van der Waals surface area contributed by atoms with Gasteiger partial charge in [-0.3, -0.25) is 9.00 Å². The van der Waals surface area contributed by atoms with Gasteiger partial charge in [-0.25, -0.2) is 0 Å². The van der Waals surface area contributed by atoms with Gasteiger partial charge in [0.15, 0.2) is 0 Å². The van der Waals surface area contributed by atoms with Crippen molar-refractivity contribution in [2.24, 2.45) is 0 Å². The van der Waals surface area contributed by atoms with Crippen LogP contribution in [0.15, 0.2) is 53.4 Å². The highest BCUT2D eigenvalue weighted by Crippen LogP contribution is 2.15. The van der Waals surface area contributed by atoms with E-state index in [1.807, 2.05) is 31.2 Å². The average molecular weight is 331 g/mol. The number of rotatable bonds is 6. The molecule has 0 heterocycles. The van der Waals surface area contributed by atoms with Crippen molar-refractivity contribution in [2.45, 2.75) is 18.4 Å². The Hall–Kier alpha value is -2.14. The Morgan fingerprint density at radius 2 is 1.70 bits per heavy atom. The van der Waals surface area contributed by atoms with E-state index in [0.717, 1.165) is 16.2 Å². The van der Waals surface area contributed by atoms with E-state index in [0.29, 0.717) is 18.7 Å². The Morgan fingerprint density at radius 1 is 1.09 bits per heavy atom. The summed E-state index contributed by atoms with van der Waals surface area (Å²) in [7, 11) is 0.735. The minimum atomic E-state index is -1.03. The van der Waals surface area contributed by atoms with E-state index >= 15 is 0 Å². The van der Waals surface area contributed by atoms with Crippen LogP contribution >= 0.6 is 0 Å². The minimum absolute atomic E-state index is 0.0627. The van der Waals surface area contributed by atoms with Crippen LogP contribution in [0.3, 0.4) is 0 Å². The molecule has 1 unspecified atom stereocenters. The number of hydrogen-bond acceptors (Lipinski definition) is 3. The summed E-state index contributed by atoms with van der Waals surface area (Å²) < 4.78 is 16.8. The summed E-state index contributed by atoms with van der Waals surface area (Å²) in [6, 6.07) is 14.6. The van der Waals surface area contributed by atoms with Crippen molar-refractivity contribution in [3.63, 3.8) is 0 Å². The Balaban J connectivity index is 2.02. The molecule has 0 aromatic heterocycles. The number of hydrogen-bond donors (Lipinski definition) is 0. The van der Waals surface area contributed by atoms with Gasteiger partial charge in [0.2, 0.25) is 0 Å². The number of carbonyl (C=O) groups is 1. The molecule has 0 aliphatic heterocycles. The van der Waals surface area contributed by atoms with Gasteiger partial charge in [-0.2, -0.15) is 0 Å². The van der Waals surface area contributed by atoms with E-state index < -0.39 is 10.8 Å². The van der Waals surface area contributed by atoms with E-state index in [1.54, 1.807) is 42.5 Å². The van der Waals surface area contributed by atoms with E-state index in [1.165, 1.54) is 0 Å². The highest BCUT2D eigenvalue weighted by atomic mass is 32.2. The summed E-state index contributed by atoms with van der Waals surface area (Å²) >= 11 is 0. The van der Waals surface area contributed by atoms with Crippen LogP contribution in [0.5, 0.6) is 5.75 Å². The maximum Gasteiger partial charge on any atom is 0.253 e. The van der Waals surface area contributed by atoms with Crippen LogP contribution < -0.4 is 4.74 Å². The highest BCUT2D eigenvalue weighted by molar-refractivity contribution is 7.84. The van der Waals surface area contributed by atoms with Crippen LogP contribution in [0.25, 0.3) is 0 Å². The molecule has 4 nitrogen and oxygen atoms in total. The fourth-order valence-corrected chi connectivity index (χ4v) is 2.73. The molecule has 0 saturated heterocycles. The quantitative estimate of drug-likeness (QED) is 0.817. The molecule has 0 saturated carbocycles. The lowest BCUT2D eigenvalue weighted by Gasteiger charge is -2.17. The first-order valence-corrected chi connectivity index (χ1v) is 8.97. The number of amides is 1. The van der Waals surface area contributed by atoms with Gasteiger partial charge in [0, 0.05) is 41.1 Å². The number of ether oxygens (including phenoxy) is 1. The van der Waals surface area contributed by atoms with E-state index in [2.05, 4.69) is 0 Å². The molecular formula is C18H21NO3S. The van der Waals surface area contributed by atoms with Gasteiger partial charge in [-0.05, 0) is 48.9 Å². The van der Waals surface area contributed by atoms with E-state index in [-0.39, 0.29) is 5.91 Å². The van der Waals surface area contributed by atoms with Crippen molar-refractivity contribution in [3.8, 4) is 5.75 Å². The zero-order chi connectivity index (χ0) is 16.8. The summed E-state index contributed by atoms with van der Waals surface area (Å²) in [5.41, 5.74) is 1.63. The van der Waals surface area contributed by atoms with Crippen LogP contribution in [0.1, 0.15) is 22.8 Å². The first-order valence-electron chi connectivity index (χ1n) is 7.42. The van der Waals surface area contributed by atoms with Crippen molar-refractivity contribution in [1.82, 2.24) is 4.90 Å². The average Bonchev–Trinajstić information content (AvgIpc) is 2.56. The Kier molecular flexibility index (Phi) is 5.93. The van der Waals surface area contributed by atoms with E-state index in [9.17, 15) is 9.00 Å². The molecule has 0 N–H and O–H groups in total. The maximum atomic E-state index is 12.4. The molecule has 0 aliphatic rings. The van der Waals surface area contributed by atoms with Crippen molar-refractivity contribution in [1.29, 1.82) is 0 Å². The second kappa shape index (κ2) is 7.92. The third-order valence-corrected chi connectivity index (χ3v) is 4.37. The Morgan fingerprint density at radius 3 is 2.22 bits per heavy atom. The topological polar surface area (TPSA) is 46.6 Å². The monoisotopic (exact) mass is 331 g/mol. The molecule has 122 valence electrons. The SMILES string of the molecule is CCOc1ccc(CN(C)C(=O)c2ccc(S(C)=O)cc2)cc1. The first-order chi connectivity index (χ1) is 11.0. The molecule has 2 rings (SSSR count). The third kappa shape index (κ3) is 4.66. The molecule has 5 heteroatoms. The number of nitrogens with zero attached hydrogens (tertiary/aromatic N) is 1. The summed E-state index contributed by atoms with van der Waals surface area (Å²) in [4.78, 5) is 14.8. The molecule has 23 heavy (non-hydrogen) atoms. The zero-order valence-electron chi connectivity index (χ0n) is 13.6. The van der Waals surface area contributed by atoms with Gasteiger partial charge in [0.1, 0.15) is 5.75 Å². The van der Waals surface area contributed by atoms with Gasteiger partial charge < -0.3 is 9.64 Å². The van der Waals surface area contributed by atoms with Gasteiger partial charge in [0.05, 0.1) is 6.61 Å². The highest BCUT2D eigenvalue weighted by Gasteiger charge is 2.12. The smallest absolute Gasteiger partial charge is 0.253 e. The lowest BCUT2D eigenvalue weighted by molar-refractivity contribution is 0.0785. The molecule has 2 aromatic carbocycles. The predicted molar refractivity (Wildman–Crippen MR) is 92.2 cm³/mol. The van der Waals surface area contributed by atoms with Gasteiger partial charge in [-0.1, -0.05) is 12.1 Å². The number of benzene rings is 2. The zero-order valence-corrected chi connectivity index (χ0v) is 14.4. The third-order valence-electron chi connectivity index (χ3n) is 3.43. The van der Waals surface area contributed by atoms with Gasteiger partial charge in [-0.15, -0.1) is 0 Å². The summed E-state index contributed by atoms with van der Waals surface area (Å²) in [5, 5.41) is 0. The second-order valence-corrected chi connectivity index (χ2v) is 6.60. The molecule has 0 spiro atoms. The lowest BCUT2D eigenvalue weighted by Crippen LogP contribution is -2.26. The van der Waals surface area contributed by atoms with Gasteiger partial charge >= 0.3 is 0 Å². The molecule has 2 aromatic rings. The summed E-state index contributed by atoms with van der Waals surface area (Å²) in [5.74, 6) is 0.765.